The summed E-state index contributed by atoms with van der Waals surface area (Å²) in [6, 6.07) is 8.83. The summed E-state index contributed by atoms with van der Waals surface area (Å²) in [7, 11) is 0. The third-order valence-electron chi connectivity index (χ3n) is 2.88. The first kappa shape index (κ1) is 16.6. The molecule has 0 bridgehead atoms. The summed E-state index contributed by atoms with van der Waals surface area (Å²) in [5, 5.41) is 24.8. The van der Waals surface area contributed by atoms with E-state index in [0.717, 1.165) is 0 Å². The number of aromatic carboxylic acids is 1. The molecule has 0 aliphatic heterocycles. The first-order chi connectivity index (χ1) is 11.0. The summed E-state index contributed by atoms with van der Waals surface area (Å²) in [6.07, 6.45) is 1.48. The standard InChI is InChI=1S/C16H15ClN2O4/c1-2-23-15-7-10(3-6-14(15)20)9-18-19-13-8-11(16(21)22)4-5-12(13)17/h3-9,19-20H,2H2,1H3,(H,21,22)/p-1/b18-9+. The van der Waals surface area contributed by atoms with Crippen molar-refractivity contribution in [3.63, 3.8) is 0 Å². The number of carbonyl (C=O) groups is 1. The maximum atomic E-state index is 11.5. The zero-order valence-electron chi connectivity index (χ0n) is 12.2. The van der Waals surface area contributed by atoms with Crippen molar-refractivity contribution in [2.75, 3.05) is 12.0 Å². The molecular weight excluding hydrogens is 320 g/mol. The number of ether oxygens (including phenoxy) is 1. The monoisotopic (exact) mass is 333 g/mol. The smallest absolute Gasteiger partial charge is 0.335 e. The van der Waals surface area contributed by atoms with E-state index in [1.165, 1.54) is 30.5 Å². The highest BCUT2D eigenvalue weighted by Crippen LogP contribution is 2.24. The van der Waals surface area contributed by atoms with Gasteiger partial charge in [-0.1, -0.05) is 29.5 Å². The molecule has 0 aliphatic rings. The van der Waals surface area contributed by atoms with Crippen LogP contribution in [0.1, 0.15) is 22.8 Å². The molecule has 0 heterocycles. The fourth-order valence-corrected chi connectivity index (χ4v) is 1.95. The first-order valence-corrected chi connectivity index (χ1v) is 7.15. The van der Waals surface area contributed by atoms with Crippen molar-refractivity contribution in [2.45, 2.75) is 6.92 Å². The van der Waals surface area contributed by atoms with Crippen LogP contribution in [0.3, 0.4) is 0 Å². The Morgan fingerprint density at radius 2 is 2.17 bits per heavy atom. The molecule has 7 heteroatoms. The highest BCUT2D eigenvalue weighted by Gasteiger charge is 2.06. The highest BCUT2D eigenvalue weighted by atomic mass is 35.5. The van der Waals surface area contributed by atoms with Gasteiger partial charge in [-0.2, -0.15) is 5.10 Å². The number of hydrogen-bond acceptors (Lipinski definition) is 5. The largest absolute Gasteiger partial charge is 0.870 e. The van der Waals surface area contributed by atoms with Crippen molar-refractivity contribution in [3.8, 4) is 11.5 Å². The lowest BCUT2D eigenvalue weighted by Crippen LogP contribution is -2.00. The van der Waals surface area contributed by atoms with E-state index in [2.05, 4.69) is 10.5 Å². The average molecular weight is 334 g/mol. The minimum atomic E-state index is -1.05. The molecule has 2 rings (SSSR count). The van der Waals surface area contributed by atoms with E-state index in [-0.39, 0.29) is 17.1 Å². The van der Waals surface area contributed by atoms with E-state index < -0.39 is 5.97 Å². The van der Waals surface area contributed by atoms with Gasteiger partial charge in [-0.15, -0.1) is 0 Å². The third-order valence-corrected chi connectivity index (χ3v) is 3.21. The van der Waals surface area contributed by atoms with Gasteiger partial charge in [0.05, 0.1) is 29.1 Å². The lowest BCUT2D eigenvalue weighted by molar-refractivity contribution is -0.270. The van der Waals surface area contributed by atoms with E-state index >= 15 is 0 Å². The third kappa shape index (κ3) is 4.37. The molecule has 0 amide bonds. The molecule has 0 fully saturated rings. The maximum absolute atomic E-state index is 11.5. The zero-order chi connectivity index (χ0) is 16.8. The van der Waals surface area contributed by atoms with Crippen LogP contribution in [0.25, 0.3) is 0 Å². The molecule has 120 valence electrons. The van der Waals surface area contributed by atoms with Gasteiger partial charge in [0.1, 0.15) is 5.75 Å². The minimum absolute atomic E-state index is 0.0986. The van der Waals surface area contributed by atoms with Gasteiger partial charge in [0, 0.05) is 0 Å². The van der Waals surface area contributed by atoms with Gasteiger partial charge in [0.2, 0.25) is 0 Å². The Hall–Kier alpha value is -2.73. The summed E-state index contributed by atoms with van der Waals surface area (Å²) in [5.74, 6) is -1.00. The van der Waals surface area contributed by atoms with Crippen LogP contribution in [0.2, 0.25) is 5.02 Å². The number of benzene rings is 2. The number of nitrogens with zero attached hydrogens (tertiary/aromatic N) is 1. The fraction of sp³-hybridized carbons (Fsp3) is 0.125. The van der Waals surface area contributed by atoms with Gasteiger partial charge < -0.3 is 14.9 Å². The second kappa shape index (κ2) is 7.51. The molecule has 0 radical (unpaired) electrons. The quantitative estimate of drug-likeness (QED) is 0.626. The summed E-state index contributed by atoms with van der Waals surface area (Å²) in [5.41, 5.74) is 3.80. The normalized spacial score (nSPS) is 10.7. The zero-order valence-corrected chi connectivity index (χ0v) is 13.0. The highest BCUT2D eigenvalue weighted by molar-refractivity contribution is 6.33. The fourth-order valence-electron chi connectivity index (χ4n) is 1.79. The van der Waals surface area contributed by atoms with Gasteiger partial charge in [-0.25, -0.2) is 4.79 Å². The molecule has 6 nitrogen and oxygen atoms in total. The van der Waals surface area contributed by atoms with Crippen molar-refractivity contribution in [1.29, 1.82) is 0 Å². The Morgan fingerprint density at radius 1 is 1.39 bits per heavy atom. The topological polar surface area (TPSA) is 94.0 Å². The minimum Gasteiger partial charge on any atom is -0.870 e. The maximum Gasteiger partial charge on any atom is 0.335 e. The lowest BCUT2D eigenvalue weighted by atomic mass is 10.2. The van der Waals surface area contributed by atoms with E-state index in [4.69, 9.17) is 21.4 Å². The molecular formula is C16H14ClN2O4-. The molecule has 0 saturated heterocycles. The Kier molecular flexibility index (Phi) is 5.43. The molecule has 2 aromatic rings. The van der Waals surface area contributed by atoms with Gasteiger partial charge in [-0.05, 0) is 36.8 Å². The van der Waals surface area contributed by atoms with Crippen LogP contribution in [-0.4, -0.2) is 23.9 Å². The molecule has 2 aromatic carbocycles. The Bertz CT molecular complexity index is 747. The number of carboxylic acids is 1. The van der Waals surface area contributed by atoms with Crippen LogP contribution in [0.5, 0.6) is 11.5 Å². The van der Waals surface area contributed by atoms with Crippen LogP contribution in [-0.2, 0) is 0 Å². The number of nitrogens with one attached hydrogen (secondary N) is 1. The summed E-state index contributed by atoms with van der Waals surface area (Å²) < 4.78 is 5.22. The van der Waals surface area contributed by atoms with Crippen LogP contribution >= 0.6 is 11.6 Å². The predicted molar refractivity (Wildman–Crippen MR) is 86.7 cm³/mol. The van der Waals surface area contributed by atoms with Gasteiger partial charge in [-0.3, -0.25) is 5.43 Å². The van der Waals surface area contributed by atoms with E-state index in [1.807, 2.05) is 0 Å². The van der Waals surface area contributed by atoms with Crippen molar-refractivity contribution in [1.82, 2.24) is 0 Å². The van der Waals surface area contributed by atoms with Gasteiger partial charge >= 0.3 is 5.97 Å². The van der Waals surface area contributed by atoms with E-state index in [1.54, 1.807) is 19.1 Å². The number of anilines is 1. The van der Waals surface area contributed by atoms with Crippen LogP contribution < -0.4 is 15.3 Å². The van der Waals surface area contributed by atoms with Crippen molar-refractivity contribution in [3.05, 3.63) is 52.5 Å². The molecule has 0 spiro atoms. The number of carboxylic acid groups (broad SMARTS) is 1. The average Bonchev–Trinajstić information content (AvgIpc) is 2.52. The number of hydrogen-bond donors (Lipinski definition) is 2. The summed E-state index contributed by atoms with van der Waals surface area (Å²) in [6.45, 7) is 2.19. The number of hydrazone groups is 1. The van der Waals surface area contributed by atoms with Crippen molar-refractivity contribution < 1.29 is 19.7 Å². The van der Waals surface area contributed by atoms with Crippen LogP contribution in [0.4, 0.5) is 5.69 Å². The lowest BCUT2D eigenvalue weighted by Gasteiger charge is -2.13. The van der Waals surface area contributed by atoms with Crippen LogP contribution in [0.15, 0.2) is 41.5 Å². The van der Waals surface area contributed by atoms with Gasteiger partial charge in [0.25, 0.3) is 0 Å². The molecule has 2 N–H and O–H groups in total. The molecule has 0 atom stereocenters. The summed E-state index contributed by atoms with van der Waals surface area (Å²) in [4.78, 5) is 10.9. The van der Waals surface area contributed by atoms with Gasteiger partial charge in [0.15, 0.2) is 0 Å². The second-order valence-corrected chi connectivity index (χ2v) is 4.92. The SMILES string of the molecule is CCOc1cc(/C=N/Nc2cc(C(=O)O)ccc2Cl)ccc1[O-]. The number of rotatable bonds is 6. The summed E-state index contributed by atoms with van der Waals surface area (Å²) >= 11 is 5.98. The van der Waals surface area contributed by atoms with E-state index in [0.29, 0.717) is 22.9 Å². The van der Waals surface area contributed by atoms with E-state index in [9.17, 15) is 9.90 Å². The second-order valence-electron chi connectivity index (χ2n) is 4.51. The molecule has 0 aliphatic carbocycles. The first-order valence-electron chi connectivity index (χ1n) is 6.77. The molecule has 0 aromatic heterocycles. The van der Waals surface area contributed by atoms with Crippen molar-refractivity contribution >= 4 is 29.5 Å². The number of halogens is 1. The predicted octanol–water partition coefficient (Wildman–Crippen LogP) is 2.96. The van der Waals surface area contributed by atoms with Crippen LogP contribution in [0, 0.1) is 0 Å². The molecule has 0 saturated carbocycles. The molecule has 23 heavy (non-hydrogen) atoms. The van der Waals surface area contributed by atoms with Crippen molar-refractivity contribution in [2.24, 2.45) is 5.10 Å². The molecule has 0 unspecified atom stereocenters. The Balaban J connectivity index is 2.14. The Morgan fingerprint density at radius 3 is 2.87 bits per heavy atom. The Labute approximate surface area is 138 Å².